The maximum Gasteiger partial charge on any atom is 0.160 e. The average molecular weight is 588 g/mol. The van der Waals surface area contributed by atoms with Crippen LogP contribution in [0.2, 0.25) is 0 Å². The lowest BCUT2D eigenvalue weighted by atomic mass is 9.99. The van der Waals surface area contributed by atoms with Crippen molar-refractivity contribution in [1.82, 2.24) is 24.9 Å². The molecule has 5 nitrogen and oxygen atoms in total. The zero-order valence-electron chi connectivity index (χ0n) is 24.7. The fourth-order valence-corrected chi connectivity index (χ4v) is 6.26. The maximum atomic E-state index is 5.16. The zero-order chi connectivity index (χ0) is 30.5. The predicted octanol–water partition coefficient (Wildman–Crippen LogP) is 9.94. The first kappa shape index (κ1) is 26.1. The summed E-state index contributed by atoms with van der Waals surface area (Å²) in [5, 5.41) is 4.26. The van der Waals surface area contributed by atoms with Gasteiger partial charge in [0.2, 0.25) is 0 Å². The van der Waals surface area contributed by atoms with Crippen LogP contribution in [0.1, 0.15) is 0 Å². The van der Waals surface area contributed by atoms with Crippen LogP contribution in [0.4, 0.5) is 0 Å². The van der Waals surface area contributed by atoms with E-state index < -0.39 is 0 Å². The van der Waals surface area contributed by atoms with Crippen molar-refractivity contribution in [1.29, 1.82) is 0 Å². The van der Waals surface area contributed by atoms with E-state index in [0.717, 1.165) is 82.8 Å². The number of pyridine rings is 3. The molecule has 4 aromatic heterocycles. The van der Waals surface area contributed by atoms with Crippen molar-refractivity contribution in [3.05, 3.63) is 152 Å². The molecule has 46 heavy (non-hydrogen) atoms. The molecule has 0 spiro atoms. The Labute approximate surface area is 264 Å². The van der Waals surface area contributed by atoms with Gasteiger partial charge in [-0.15, -0.1) is 0 Å². The summed E-state index contributed by atoms with van der Waals surface area (Å²) in [6, 6.07) is 47.9. The van der Waals surface area contributed by atoms with Gasteiger partial charge < -0.3 is 0 Å². The zero-order valence-corrected chi connectivity index (χ0v) is 24.7. The van der Waals surface area contributed by atoms with Crippen LogP contribution in [0, 0.1) is 0 Å². The molecular formula is C41H25N5. The van der Waals surface area contributed by atoms with Gasteiger partial charge in [0, 0.05) is 50.6 Å². The highest BCUT2D eigenvalue weighted by molar-refractivity contribution is 6.04. The summed E-state index contributed by atoms with van der Waals surface area (Å²) < 4.78 is 0. The highest BCUT2D eigenvalue weighted by atomic mass is 14.9. The smallest absolute Gasteiger partial charge is 0.160 e. The molecule has 0 aliphatic heterocycles. The van der Waals surface area contributed by atoms with Crippen LogP contribution in [-0.4, -0.2) is 24.9 Å². The highest BCUT2D eigenvalue weighted by Gasteiger charge is 2.15. The van der Waals surface area contributed by atoms with E-state index in [0.29, 0.717) is 5.82 Å². The van der Waals surface area contributed by atoms with E-state index in [1.165, 1.54) is 0 Å². The van der Waals surface area contributed by atoms with E-state index in [2.05, 4.69) is 114 Å². The molecular weight excluding hydrogens is 562 g/mol. The number of aromatic nitrogens is 5. The molecule has 9 aromatic rings. The van der Waals surface area contributed by atoms with Gasteiger partial charge in [-0.3, -0.25) is 9.97 Å². The van der Waals surface area contributed by atoms with Gasteiger partial charge in [0.05, 0.1) is 33.5 Å². The number of fused-ring (bicyclic) bond motifs is 5. The molecule has 0 aliphatic rings. The molecule has 0 unspecified atom stereocenters. The van der Waals surface area contributed by atoms with Crippen molar-refractivity contribution in [2.45, 2.75) is 0 Å². The summed E-state index contributed by atoms with van der Waals surface area (Å²) in [4.78, 5) is 24.5. The molecule has 0 atom stereocenters. The van der Waals surface area contributed by atoms with Crippen LogP contribution in [0.25, 0.3) is 88.6 Å². The first-order valence-electron chi connectivity index (χ1n) is 15.3. The van der Waals surface area contributed by atoms with Gasteiger partial charge in [-0.05, 0) is 41.5 Å². The van der Waals surface area contributed by atoms with Crippen LogP contribution in [0.3, 0.4) is 0 Å². The van der Waals surface area contributed by atoms with Crippen LogP contribution in [0.15, 0.2) is 152 Å². The minimum Gasteiger partial charge on any atom is -0.256 e. The first-order chi connectivity index (χ1) is 22.8. The monoisotopic (exact) mass is 587 g/mol. The summed E-state index contributed by atoms with van der Waals surface area (Å²) in [5.74, 6) is 0.682. The molecule has 0 saturated heterocycles. The second-order valence-corrected chi connectivity index (χ2v) is 11.4. The molecule has 0 radical (unpaired) electrons. The molecule has 0 aliphatic carbocycles. The topological polar surface area (TPSA) is 64.5 Å². The lowest BCUT2D eigenvalue weighted by Crippen LogP contribution is -1.96. The third kappa shape index (κ3) is 4.45. The minimum atomic E-state index is 0.682. The molecule has 0 saturated carbocycles. The molecule has 5 aromatic carbocycles. The number of hydrogen-bond acceptors (Lipinski definition) is 5. The van der Waals surface area contributed by atoms with E-state index >= 15 is 0 Å². The summed E-state index contributed by atoms with van der Waals surface area (Å²) in [6.45, 7) is 0. The standard InChI is InChI=1S/C41H25N5/c1-2-14-36-33(12-1)40(34-13-4-7-28-10-5-23-42-37(28)34)46-41(45-36)32-9-3-8-31(25-32)26-15-17-27(18-16-26)35-22-21-30-20-19-29-11-6-24-43-38(29)39(30)44-35/h1-25H. The first-order valence-corrected chi connectivity index (χ1v) is 15.3. The van der Waals surface area contributed by atoms with Crippen LogP contribution >= 0.6 is 0 Å². The summed E-state index contributed by atoms with van der Waals surface area (Å²) in [6.07, 6.45) is 3.66. The summed E-state index contributed by atoms with van der Waals surface area (Å²) in [5.41, 5.74) is 10.7. The van der Waals surface area contributed by atoms with Gasteiger partial charge in [-0.25, -0.2) is 15.0 Å². The van der Waals surface area contributed by atoms with Crippen LogP contribution in [-0.2, 0) is 0 Å². The second-order valence-electron chi connectivity index (χ2n) is 11.4. The predicted molar refractivity (Wildman–Crippen MR) is 187 cm³/mol. The third-order valence-corrected chi connectivity index (χ3v) is 8.56. The van der Waals surface area contributed by atoms with Crippen molar-refractivity contribution in [2.24, 2.45) is 0 Å². The normalized spacial score (nSPS) is 11.5. The van der Waals surface area contributed by atoms with Gasteiger partial charge in [-0.2, -0.15) is 0 Å². The fraction of sp³-hybridized carbons (Fsp3) is 0. The minimum absolute atomic E-state index is 0.682. The average Bonchev–Trinajstić information content (AvgIpc) is 3.14. The SMILES string of the molecule is c1cc(-c2ccc(-c3ccc4ccc5cccnc5c4n3)cc2)cc(-c2nc(-c3cccc4cccnc34)c3ccccc3n2)c1. The third-order valence-electron chi connectivity index (χ3n) is 8.56. The van der Waals surface area contributed by atoms with Gasteiger partial charge >= 0.3 is 0 Å². The summed E-state index contributed by atoms with van der Waals surface area (Å²) in [7, 11) is 0. The van der Waals surface area contributed by atoms with E-state index in [1.807, 2.05) is 42.7 Å². The van der Waals surface area contributed by atoms with Crippen molar-refractivity contribution in [3.8, 4) is 45.0 Å². The van der Waals surface area contributed by atoms with E-state index in [1.54, 1.807) is 0 Å². The Bertz CT molecular complexity index is 2590. The van der Waals surface area contributed by atoms with Gasteiger partial charge in [0.1, 0.15) is 0 Å². The van der Waals surface area contributed by atoms with E-state index in [-0.39, 0.29) is 0 Å². The number of rotatable bonds is 4. The van der Waals surface area contributed by atoms with Crippen molar-refractivity contribution >= 4 is 43.6 Å². The molecule has 214 valence electrons. The van der Waals surface area contributed by atoms with Crippen molar-refractivity contribution in [3.63, 3.8) is 0 Å². The number of nitrogens with zero attached hydrogens (tertiary/aromatic N) is 5. The largest absolute Gasteiger partial charge is 0.256 e. The molecule has 0 bridgehead atoms. The highest BCUT2D eigenvalue weighted by Crippen LogP contribution is 2.34. The second kappa shape index (κ2) is 10.7. The Morgan fingerprint density at radius 3 is 1.93 bits per heavy atom. The number of hydrogen-bond donors (Lipinski definition) is 0. The lowest BCUT2D eigenvalue weighted by molar-refractivity contribution is 1.23. The van der Waals surface area contributed by atoms with Crippen molar-refractivity contribution in [2.75, 3.05) is 0 Å². The van der Waals surface area contributed by atoms with E-state index in [4.69, 9.17) is 19.9 Å². The van der Waals surface area contributed by atoms with E-state index in [9.17, 15) is 0 Å². The Morgan fingerprint density at radius 2 is 1.07 bits per heavy atom. The van der Waals surface area contributed by atoms with Crippen LogP contribution in [0.5, 0.6) is 0 Å². The Morgan fingerprint density at radius 1 is 0.391 bits per heavy atom. The fourth-order valence-electron chi connectivity index (χ4n) is 6.26. The molecule has 0 fully saturated rings. The summed E-state index contributed by atoms with van der Waals surface area (Å²) >= 11 is 0. The molecule has 0 N–H and O–H groups in total. The Hall–Kier alpha value is -6.33. The number of benzene rings is 5. The molecule has 0 amide bonds. The molecule has 9 rings (SSSR count). The lowest BCUT2D eigenvalue weighted by Gasteiger charge is -2.12. The maximum absolute atomic E-state index is 5.16. The van der Waals surface area contributed by atoms with Gasteiger partial charge in [0.15, 0.2) is 5.82 Å². The van der Waals surface area contributed by atoms with Crippen LogP contribution < -0.4 is 0 Å². The Balaban J connectivity index is 1.10. The van der Waals surface area contributed by atoms with Gasteiger partial charge in [0.25, 0.3) is 0 Å². The quantitative estimate of drug-likeness (QED) is 0.192. The van der Waals surface area contributed by atoms with Gasteiger partial charge in [-0.1, -0.05) is 109 Å². The molecule has 5 heteroatoms. The van der Waals surface area contributed by atoms with Crippen molar-refractivity contribution < 1.29 is 0 Å². The Kier molecular flexibility index (Phi) is 6.06. The molecule has 4 heterocycles. The number of para-hydroxylation sites is 2.